The maximum Gasteiger partial charge on any atom is 0.325 e. The molecule has 29 heavy (non-hydrogen) atoms. The van der Waals surface area contributed by atoms with Crippen LogP contribution in [0.2, 0.25) is 10.0 Å². The number of anilines is 3. The maximum atomic E-state index is 12.1. The summed E-state index contributed by atoms with van der Waals surface area (Å²) in [5.74, 6) is 0.826. The molecule has 3 N–H and O–H groups in total. The van der Waals surface area contributed by atoms with Gasteiger partial charge in [0.1, 0.15) is 12.1 Å². The average Bonchev–Trinajstić information content (AvgIpc) is 3.30. The van der Waals surface area contributed by atoms with E-state index in [9.17, 15) is 4.79 Å². The highest BCUT2D eigenvalue weighted by Crippen LogP contribution is 2.26. The molecule has 0 aliphatic heterocycles. The van der Waals surface area contributed by atoms with Crippen molar-refractivity contribution in [3.8, 4) is 0 Å². The van der Waals surface area contributed by atoms with E-state index in [4.69, 9.17) is 23.2 Å². The van der Waals surface area contributed by atoms with Crippen LogP contribution in [0.5, 0.6) is 0 Å². The third-order valence-electron chi connectivity index (χ3n) is 3.80. The van der Waals surface area contributed by atoms with Crippen LogP contribution in [-0.4, -0.2) is 27.5 Å². The Hall–Kier alpha value is -2.46. The molecule has 2 amide bonds. The largest absolute Gasteiger partial charge is 0.368 e. The van der Waals surface area contributed by atoms with E-state index in [1.807, 2.05) is 11.4 Å². The minimum atomic E-state index is -0.413. The Morgan fingerprint density at radius 1 is 1.07 bits per heavy atom. The van der Waals surface area contributed by atoms with Gasteiger partial charge in [0.25, 0.3) is 0 Å². The fraction of sp³-hybridized carbons (Fsp3) is 0.111. The maximum absolute atomic E-state index is 12.1. The molecule has 148 valence electrons. The molecule has 0 saturated carbocycles. The summed E-state index contributed by atoms with van der Waals surface area (Å²) in [6.45, 7) is 0.693. The molecule has 4 aromatic rings. The molecule has 0 fully saturated rings. The average molecular weight is 465 g/mol. The number of halogens is 2. The van der Waals surface area contributed by atoms with Crippen molar-refractivity contribution in [2.75, 3.05) is 22.5 Å². The zero-order valence-electron chi connectivity index (χ0n) is 14.8. The zero-order chi connectivity index (χ0) is 20.2. The molecule has 3 heterocycles. The van der Waals surface area contributed by atoms with Crippen molar-refractivity contribution < 1.29 is 4.79 Å². The number of fused-ring (bicyclic) bond motifs is 1. The summed E-state index contributed by atoms with van der Waals surface area (Å²) in [7, 11) is 0. The van der Waals surface area contributed by atoms with E-state index in [0.29, 0.717) is 27.4 Å². The molecule has 0 atom stereocenters. The standard InChI is InChI=1S/C18H14Cl2N6OS2/c19-10-5-11(20)7-12(6-10)25-17(27)26-18-22-8-13(29-18)1-3-21-16-15-14(2-4-28-15)23-9-24-16/h2,4-9H,1,3H2,(H,21,23,24)(H2,22,25,26,27). The van der Waals surface area contributed by atoms with Crippen LogP contribution < -0.4 is 16.0 Å². The lowest BCUT2D eigenvalue weighted by Gasteiger charge is -2.06. The van der Waals surface area contributed by atoms with E-state index in [0.717, 1.165) is 27.3 Å². The van der Waals surface area contributed by atoms with Crippen LogP contribution in [0.15, 0.2) is 42.2 Å². The van der Waals surface area contributed by atoms with Gasteiger partial charge in [0.15, 0.2) is 5.13 Å². The van der Waals surface area contributed by atoms with Gasteiger partial charge in [-0.05, 0) is 29.6 Å². The van der Waals surface area contributed by atoms with Gasteiger partial charge in [0, 0.05) is 39.8 Å². The van der Waals surface area contributed by atoms with Gasteiger partial charge in [-0.25, -0.2) is 19.7 Å². The monoisotopic (exact) mass is 464 g/mol. The minimum absolute atomic E-state index is 0.413. The summed E-state index contributed by atoms with van der Waals surface area (Å²) in [6.07, 6.45) is 4.05. The Morgan fingerprint density at radius 3 is 2.72 bits per heavy atom. The first-order valence-corrected chi connectivity index (χ1v) is 10.9. The van der Waals surface area contributed by atoms with Gasteiger partial charge in [0.2, 0.25) is 0 Å². The fourth-order valence-corrected chi connectivity index (χ4v) is 4.73. The lowest BCUT2D eigenvalue weighted by Crippen LogP contribution is -2.19. The normalized spacial score (nSPS) is 10.8. The van der Waals surface area contributed by atoms with E-state index in [2.05, 4.69) is 30.9 Å². The topological polar surface area (TPSA) is 91.8 Å². The van der Waals surface area contributed by atoms with E-state index < -0.39 is 6.03 Å². The van der Waals surface area contributed by atoms with Crippen molar-refractivity contribution in [2.45, 2.75) is 6.42 Å². The number of hydrogen-bond acceptors (Lipinski definition) is 7. The third-order valence-corrected chi connectivity index (χ3v) is 6.12. The van der Waals surface area contributed by atoms with Gasteiger partial charge in [-0.3, -0.25) is 5.32 Å². The number of benzene rings is 1. The molecule has 1 aromatic carbocycles. The summed E-state index contributed by atoms with van der Waals surface area (Å²) >= 11 is 14.9. The number of nitrogens with zero attached hydrogens (tertiary/aromatic N) is 3. The van der Waals surface area contributed by atoms with Gasteiger partial charge in [0.05, 0.1) is 10.2 Å². The second-order valence-electron chi connectivity index (χ2n) is 5.90. The number of nitrogens with one attached hydrogen (secondary N) is 3. The second kappa shape index (κ2) is 8.91. The molecule has 0 spiro atoms. The summed E-state index contributed by atoms with van der Waals surface area (Å²) in [5.41, 5.74) is 1.44. The number of urea groups is 1. The first-order valence-electron chi connectivity index (χ1n) is 8.48. The van der Waals surface area contributed by atoms with E-state index >= 15 is 0 Å². The molecular formula is C18H14Cl2N6OS2. The van der Waals surface area contributed by atoms with E-state index in [1.165, 1.54) is 11.3 Å². The summed E-state index contributed by atoms with van der Waals surface area (Å²) in [5, 5.41) is 12.1. The van der Waals surface area contributed by atoms with Crippen LogP contribution in [0.3, 0.4) is 0 Å². The number of aromatic nitrogens is 3. The second-order valence-corrected chi connectivity index (χ2v) is 8.81. The zero-order valence-corrected chi connectivity index (χ0v) is 17.9. The Bertz CT molecular complexity index is 1140. The highest BCUT2D eigenvalue weighted by Gasteiger charge is 2.09. The highest BCUT2D eigenvalue weighted by molar-refractivity contribution is 7.17. The van der Waals surface area contributed by atoms with Crippen LogP contribution in [0.1, 0.15) is 4.88 Å². The lowest BCUT2D eigenvalue weighted by atomic mass is 10.3. The van der Waals surface area contributed by atoms with Gasteiger partial charge in [-0.1, -0.05) is 23.2 Å². The smallest absolute Gasteiger partial charge is 0.325 e. The number of thiophene rings is 1. The van der Waals surface area contributed by atoms with E-state index in [1.54, 1.807) is 42.1 Å². The van der Waals surface area contributed by atoms with Crippen molar-refractivity contribution in [2.24, 2.45) is 0 Å². The molecule has 0 aliphatic rings. The van der Waals surface area contributed by atoms with Gasteiger partial charge >= 0.3 is 6.03 Å². The minimum Gasteiger partial charge on any atom is -0.368 e. The van der Waals surface area contributed by atoms with Crippen molar-refractivity contribution in [3.63, 3.8) is 0 Å². The van der Waals surface area contributed by atoms with Crippen LogP contribution in [0, 0.1) is 0 Å². The van der Waals surface area contributed by atoms with Gasteiger partial charge < -0.3 is 10.6 Å². The predicted molar refractivity (Wildman–Crippen MR) is 121 cm³/mol. The quantitative estimate of drug-likeness (QED) is 0.337. The number of thiazole rings is 1. The number of carbonyl (C=O) groups excluding carboxylic acids is 1. The number of rotatable bonds is 6. The molecule has 11 heteroatoms. The van der Waals surface area contributed by atoms with Gasteiger partial charge in [-0.2, -0.15) is 0 Å². The first kappa shape index (κ1) is 19.8. The first-order chi connectivity index (χ1) is 14.1. The Kier molecular flexibility index (Phi) is 6.10. The summed E-state index contributed by atoms with van der Waals surface area (Å²) in [6, 6.07) is 6.38. The van der Waals surface area contributed by atoms with Crippen molar-refractivity contribution in [1.29, 1.82) is 0 Å². The molecular weight excluding hydrogens is 451 g/mol. The molecule has 3 aromatic heterocycles. The number of carbonyl (C=O) groups is 1. The molecule has 4 rings (SSSR count). The van der Waals surface area contributed by atoms with Crippen LogP contribution in [0.25, 0.3) is 10.2 Å². The van der Waals surface area contributed by atoms with Crippen molar-refractivity contribution in [3.05, 3.63) is 57.1 Å². The summed E-state index contributed by atoms with van der Waals surface area (Å²) < 4.78 is 1.04. The van der Waals surface area contributed by atoms with E-state index in [-0.39, 0.29) is 0 Å². The predicted octanol–water partition coefficient (Wildman–Crippen LogP) is 5.75. The molecule has 0 bridgehead atoms. The summed E-state index contributed by atoms with van der Waals surface area (Å²) in [4.78, 5) is 26.0. The van der Waals surface area contributed by atoms with Crippen molar-refractivity contribution in [1.82, 2.24) is 15.0 Å². The van der Waals surface area contributed by atoms with Crippen LogP contribution in [-0.2, 0) is 6.42 Å². The lowest BCUT2D eigenvalue weighted by molar-refractivity contribution is 0.262. The Morgan fingerprint density at radius 2 is 1.90 bits per heavy atom. The molecule has 0 saturated heterocycles. The molecule has 0 aliphatic carbocycles. The molecule has 0 unspecified atom stereocenters. The SMILES string of the molecule is O=C(Nc1cc(Cl)cc(Cl)c1)Nc1ncc(CCNc2ncnc3ccsc23)s1. The number of amides is 2. The molecule has 0 radical (unpaired) electrons. The van der Waals surface area contributed by atoms with Crippen molar-refractivity contribution >= 4 is 78.8 Å². The van der Waals surface area contributed by atoms with Gasteiger partial charge in [-0.15, -0.1) is 22.7 Å². The third kappa shape index (κ3) is 5.13. The van der Waals surface area contributed by atoms with Crippen LogP contribution in [0.4, 0.5) is 21.4 Å². The highest BCUT2D eigenvalue weighted by atomic mass is 35.5. The van der Waals surface area contributed by atoms with Crippen LogP contribution >= 0.6 is 45.9 Å². The Labute approximate surface area is 184 Å². The Balaban J connectivity index is 1.30. The molecule has 7 nitrogen and oxygen atoms in total. The fourth-order valence-electron chi connectivity index (χ4n) is 2.59. The number of hydrogen-bond donors (Lipinski definition) is 3.